The molecular formula is C36H80N2O5Si+2. The quantitative estimate of drug-likeness (QED) is 0.0385. The first-order chi connectivity index (χ1) is 21.1. The van der Waals surface area contributed by atoms with Crippen LogP contribution < -0.4 is 0 Å². The Morgan fingerprint density at radius 2 is 1.05 bits per heavy atom. The van der Waals surface area contributed by atoms with Gasteiger partial charge in [0.2, 0.25) is 0 Å². The van der Waals surface area contributed by atoms with E-state index in [0.717, 1.165) is 23.5 Å². The predicted molar refractivity (Wildman–Crippen MR) is 190 cm³/mol. The summed E-state index contributed by atoms with van der Waals surface area (Å²) in [6.45, 7) is 14.3. The van der Waals surface area contributed by atoms with Crippen LogP contribution in [0.5, 0.6) is 0 Å². The number of nitrogens with zero attached hydrogens (tertiary/aromatic N) is 2. The lowest BCUT2D eigenvalue weighted by atomic mass is 10.0. The van der Waals surface area contributed by atoms with Crippen LogP contribution in [0.15, 0.2) is 0 Å². The molecule has 7 nitrogen and oxygen atoms in total. The van der Waals surface area contributed by atoms with Crippen LogP contribution in [0.3, 0.4) is 0 Å². The van der Waals surface area contributed by atoms with Gasteiger partial charge in [0.25, 0.3) is 0 Å². The smallest absolute Gasteiger partial charge is 0.335 e. The summed E-state index contributed by atoms with van der Waals surface area (Å²) in [6, 6.07) is 0.971. The summed E-state index contributed by atoms with van der Waals surface area (Å²) in [5.41, 5.74) is 0. The largest absolute Gasteiger partial charge is 0.395 e. The molecule has 0 aliphatic carbocycles. The van der Waals surface area contributed by atoms with E-state index in [9.17, 15) is 15.3 Å². The molecule has 2 unspecified atom stereocenters. The lowest BCUT2D eigenvalue weighted by Crippen LogP contribution is -2.57. The van der Waals surface area contributed by atoms with E-state index in [4.69, 9.17) is 8.85 Å². The van der Waals surface area contributed by atoms with E-state index in [1.54, 1.807) is 0 Å². The van der Waals surface area contributed by atoms with Gasteiger partial charge >= 0.3 is 8.56 Å². The maximum atomic E-state index is 10.3. The number of quaternary nitrogens is 2. The topological polar surface area (TPSA) is 79.2 Å². The normalized spacial score (nSPS) is 14.7. The van der Waals surface area contributed by atoms with E-state index in [2.05, 4.69) is 27.6 Å². The van der Waals surface area contributed by atoms with Gasteiger partial charge in [-0.15, -0.1) is 0 Å². The van der Waals surface area contributed by atoms with Gasteiger partial charge < -0.3 is 33.1 Å². The number of unbranched alkanes of at least 4 members (excludes halogenated alkanes) is 15. The highest BCUT2D eigenvalue weighted by atomic mass is 28.4. The molecule has 0 saturated heterocycles. The van der Waals surface area contributed by atoms with Crippen LogP contribution in [0.1, 0.15) is 136 Å². The second-order valence-corrected chi connectivity index (χ2v) is 17.8. The average Bonchev–Trinajstić information content (AvgIpc) is 2.97. The Labute approximate surface area is 276 Å². The van der Waals surface area contributed by atoms with Crippen molar-refractivity contribution in [2.45, 2.75) is 155 Å². The van der Waals surface area contributed by atoms with Crippen molar-refractivity contribution >= 4 is 8.56 Å². The van der Waals surface area contributed by atoms with E-state index in [-0.39, 0.29) is 13.2 Å². The molecule has 266 valence electrons. The second-order valence-electron chi connectivity index (χ2n) is 14.4. The van der Waals surface area contributed by atoms with Crippen LogP contribution in [0.4, 0.5) is 0 Å². The van der Waals surface area contributed by atoms with Crippen LogP contribution in [0.2, 0.25) is 12.6 Å². The number of aliphatic hydroxyl groups excluding tert-OH is 3. The molecule has 0 fully saturated rings. The molecular weight excluding hydrogens is 568 g/mol. The molecule has 0 aromatic heterocycles. The highest BCUT2D eigenvalue weighted by Gasteiger charge is 2.35. The lowest BCUT2D eigenvalue weighted by Gasteiger charge is -2.40. The van der Waals surface area contributed by atoms with Crippen molar-refractivity contribution in [2.24, 2.45) is 0 Å². The minimum Gasteiger partial charge on any atom is -0.395 e. The molecule has 3 N–H and O–H groups in total. The van der Waals surface area contributed by atoms with Gasteiger partial charge in [-0.25, -0.2) is 0 Å². The van der Waals surface area contributed by atoms with Gasteiger partial charge in [-0.2, -0.15) is 0 Å². The highest BCUT2D eigenvalue weighted by molar-refractivity contribution is 6.66. The van der Waals surface area contributed by atoms with E-state index in [0.29, 0.717) is 50.3 Å². The first kappa shape index (κ1) is 43.9. The Bertz CT molecular complexity index is 621. The molecule has 0 aromatic rings. The Kier molecular flexibility index (Phi) is 28.0. The third kappa shape index (κ3) is 24.2. The van der Waals surface area contributed by atoms with Crippen LogP contribution in [-0.2, 0) is 8.85 Å². The second kappa shape index (κ2) is 28.0. The number of aliphatic hydroxyl groups is 3. The van der Waals surface area contributed by atoms with Gasteiger partial charge in [-0.3, -0.25) is 0 Å². The maximum absolute atomic E-state index is 10.3. The molecule has 0 aliphatic rings. The first-order valence-corrected chi connectivity index (χ1v) is 21.5. The maximum Gasteiger partial charge on any atom is 0.335 e. The van der Waals surface area contributed by atoms with Crippen LogP contribution in [0, 0.1) is 0 Å². The summed E-state index contributed by atoms with van der Waals surface area (Å²) < 4.78 is 14.2. The molecule has 0 saturated carbocycles. The molecule has 44 heavy (non-hydrogen) atoms. The van der Waals surface area contributed by atoms with Crippen molar-refractivity contribution in [1.29, 1.82) is 0 Å². The molecule has 0 aromatic carbocycles. The van der Waals surface area contributed by atoms with Crippen LogP contribution >= 0.6 is 0 Å². The predicted octanol–water partition coefficient (Wildman–Crippen LogP) is 7.41. The number of rotatable bonds is 34. The zero-order valence-corrected chi connectivity index (χ0v) is 31.6. The van der Waals surface area contributed by atoms with E-state index in [1.807, 2.05) is 13.8 Å². The van der Waals surface area contributed by atoms with E-state index < -0.39 is 14.7 Å². The molecule has 0 aliphatic heterocycles. The third-order valence-electron chi connectivity index (χ3n) is 9.65. The minimum atomic E-state index is -2.33. The molecule has 0 amide bonds. The monoisotopic (exact) mass is 649 g/mol. The molecule has 2 atom stereocenters. The molecule has 0 radical (unpaired) electrons. The summed E-state index contributed by atoms with van der Waals surface area (Å²) in [6.07, 6.45) is 23.9. The number of hydrogen-bond acceptors (Lipinski definition) is 5. The van der Waals surface area contributed by atoms with Gasteiger partial charge in [0.1, 0.15) is 32.3 Å². The fraction of sp³-hybridized carbons (Fsp3) is 1.00. The van der Waals surface area contributed by atoms with Crippen LogP contribution in [-0.4, -0.2) is 119 Å². The summed E-state index contributed by atoms with van der Waals surface area (Å²) >= 11 is 0. The first-order valence-electron chi connectivity index (χ1n) is 19.0. The zero-order chi connectivity index (χ0) is 33.0. The van der Waals surface area contributed by atoms with Crippen molar-refractivity contribution in [3.8, 4) is 0 Å². The van der Waals surface area contributed by atoms with Gasteiger partial charge in [-0.05, 0) is 45.2 Å². The third-order valence-corrected chi connectivity index (χ3v) is 12.6. The average molecular weight is 649 g/mol. The summed E-state index contributed by atoms with van der Waals surface area (Å²) in [4.78, 5) is 0. The molecule has 0 heterocycles. The fourth-order valence-corrected chi connectivity index (χ4v) is 8.89. The van der Waals surface area contributed by atoms with Gasteiger partial charge in [-0.1, -0.05) is 104 Å². The van der Waals surface area contributed by atoms with E-state index in [1.165, 1.54) is 109 Å². The highest BCUT2D eigenvalue weighted by Crippen LogP contribution is 2.20. The molecule has 0 bridgehead atoms. The number of hydrogen-bond donors (Lipinski definition) is 3. The Morgan fingerprint density at radius 1 is 0.591 bits per heavy atom. The SMILES string of the molecule is CCCCCCCCCCCCCCCCCC[N+](C)(C)CCC[Si](C)(OCC)OCC[N+](CCO)(CCO)CC(O)CC. The fourth-order valence-electron chi connectivity index (χ4n) is 6.58. The van der Waals surface area contributed by atoms with E-state index >= 15 is 0 Å². The summed E-state index contributed by atoms with van der Waals surface area (Å²) in [7, 11) is 2.40. The minimum absolute atomic E-state index is 0.0307. The van der Waals surface area contributed by atoms with Gasteiger partial charge in [0.05, 0.1) is 47.0 Å². The van der Waals surface area contributed by atoms with Crippen molar-refractivity contribution in [3.05, 3.63) is 0 Å². The standard InChI is InChI=1S/C36H80N2O5Si/c1-7-10-11-12-13-14-15-16-17-18-19-20-21-22-23-24-26-37(4,5)27-25-34-44(6,42-9-3)43-33-30-38(28-31-39,29-32-40)35-36(41)8-2/h36,39-41H,7-35H2,1-6H3/q+2. The Balaban J connectivity index is 4.20. The van der Waals surface area contributed by atoms with Crippen molar-refractivity contribution in [2.75, 3.05) is 79.8 Å². The Morgan fingerprint density at radius 3 is 1.48 bits per heavy atom. The lowest BCUT2D eigenvalue weighted by molar-refractivity contribution is -0.931. The zero-order valence-electron chi connectivity index (χ0n) is 30.6. The molecule has 8 heteroatoms. The summed E-state index contributed by atoms with van der Waals surface area (Å²) in [5, 5.41) is 29.7. The van der Waals surface area contributed by atoms with Gasteiger partial charge in [0, 0.05) is 6.61 Å². The summed E-state index contributed by atoms with van der Waals surface area (Å²) in [5.74, 6) is 0. The Hall–Kier alpha value is -0.0631. The van der Waals surface area contributed by atoms with Crippen molar-refractivity contribution in [1.82, 2.24) is 0 Å². The molecule has 0 spiro atoms. The molecule has 0 rings (SSSR count). The van der Waals surface area contributed by atoms with Crippen molar-refractivity contribution < 1.29 is 33.1 Å². The van der Waals surface area contributed by atoms with Gasteiger partial charge in [0.15, 0.2) is 0 Å². The van der Waals surface area contributed by atoms with Crippen LogP contribution in [0.25, 0.3) is 0 Å². The van der Waals surface area contributed by atoms with Crippen molar-refractivity contribution in [3.63, 3.8) is 0 Å².